The zero-order valence-corrected chi connectivity index (χ0v) is 10.2. The molecule has 0 saturated heterocycles. The topological polar surface area (TPSA) is 23.5 Å². The first-order valence-electron chi connectivity index (χ1n) is 5.85. The molecule has 2 nitrogen and oxygen atoms in total. The van der Waals surface area contributed by atoms with E-state index in [0.29, 0.717) is 0 Å². The molecule has 0 amide bonds. The molecule has 88 valence electrons. The number of halogens is 1. The van der Waals surface area contributed by atoms with Gasteiger partial charge in [-0.05, 0) is 36.5 Å². The molecule has 0 aliphatic heterocycles. The Morgan fingerprint density at radius 1 is 1.25 bits per heavy atom. The summed E-state index contributed by atoms with van der Waals surface area (Å²) in [4.78, 5) is 2.32. The number of hydrogen-bond acceptors (Lipinski definition) is 2. The smallest absolute Gasteiger partial charge is 0.0558 e. The van der Waals surface area contributed by atoms with Gasteiger partial charge in [0.05, 0.1) is 6.61 Å². The van der Waals surface area contributed by atoms with Crippen LogP contribution in [0.3, 0.4) is 0 Å². The summed E-state index contributed by atoms with van der Waals surface area (Å²) >= 11 is 5.85. The Balaban J connectivity index is 1.90. The van der Waals surface area contributed by atoms with E-state index in [1.54, 1.807) is 0 Å². The summed E-state index contributed by atoms with van der Waals surface area (Å²) in [5.74, 6) is 0.860. The molecule has 16 heavy (non-hydrogen) atoms. The van der Waals surface area contributed by atoms with Crippen LogP contribution in [-0.4, -0.2) is 29.7 Å². The maximum absolute atomic E-state index is 9.03. The number of benzene rings is 1. The van der Waals surface area contributed by atoms with Crippen LogP contribution in [0.5, 0.6) is 0 Å². The minimum Gasteiger partial charge on any atom is -0.395 e. The molecule has 1 aromatic carbocycles. The highest BCUT2D eigenvalue weighted by atomic mass is 35.5. The lowest BCUT2D eigenvalue weighted by molar-refractivity contribution is 0.185. The molecule has 0 atom stereocenters. The second-order valence-corrected chi connectivity index (χ2v) is 4.96. The van der Waals surface area contributed by atoms with Crippen molar-refractivity contribution in [1.82, 2.24) is 4.90 Å². The van der Waals surface area contributed by atoms with Gasteiger partial charge >= 0.3 is 0 Å². The third-order valence-corrected chi connectivity index (χ3v) is 3.20. The molecular formula is C13H18ClNO. The molecule has 3 heteroatoms. The zero-order valence-electron chi connectivity index (χ0n) is 9.40. The van der Waals surface area contributed by atoms with Crippen LogP contribution in [0.1, 0.15) is 18.4 Å². The van der Waals surface area contributed by atoms with E-state index in [1.165, 1.54) is 18.4 Å². The van der Waals surface area contributed by atoms with Gasteiger partial charge in [-0.1, -0.05) is 23.7 Å². The van der Waals surface area contributed by atoms with E-state index in [-0.39, 0.29) is 6.61 Å². The molecule has 0 aromatic heterocycles. The second-order valence-electron chi connectivity index (χ2n) is 4.53. The van der Waals surface area contributed by atoms with Gasteiger partial charge in [-0.25, -0.2) is 0 Å². The Morgan fingerprint density at radius 2 is 1.94 bits per heavy atom. The third-order valence-electron chi connectivity index (χ3n) is 2.95. The Hall–Kier alpha value is -0.570. The van der Waals surface area contributed by atoms with Crippen molar-refractivity contribution >= 4 is 11.6 Å². The lowest BCUT2D eigenvalue weighted by Gasteiger charge is -2.21. The predicted octanol–water partition coefficient (Wildman–Crippen LogP) is 2.54. The van der Waals surface area contributed by atoms with E-state index in [1.807, 2.05) is 12.1 Å². The summed E-state index contributed by atoms with van der Waals surface area (Å²) in [5, 5.41) is 9.81. The Morgan fingerprint density at radius 3 is 2.50 bits per heavy atom. The van der Waals surface area contributed by atoms with Gasteiger partial charge in [0, 0.05) is 24.7 Å². The van der Waals surface area contributed by atoms with Gasteiger partial charge in [0.1, 0.15) is 0 Å². The molecule has 0 radical (unpaired) electrons. The number of aliphatic hydroxyl groups is 1. The largest absolute Gasteiger partial charge is 0.395 e. The first kappa shape index (κ1) is 11.9. The highest BCUT2D eigenvalue weighted by Crippen LogP contribution is 2.30. The van der Waals surface area contributed by atoms with Crippen molar-refractivity contribution < 1.29 is 5.11 Å². The van der Waals surface area contributed by atoms with Crippen molar-refractivity contribution in [2.75, 3.05) is 19.7 Å². The Kier molecular flexibility index (Phi) is 4.22. The van der Waals surface area contributed by atoms with Crippen LogP contribution in [0.2, 0.25) is 5.02 Å². The summed E-state index contributed by atoms with van der Waals surface area (Å²) in [6.07, 6.45) is 2.70. The molecule has 1 fully saturated rings. The minimum atomic E-state index is 0.236. The van der Waals surface area contributed by atoms with Gasteiger partial charge < -0.3 is 5.11 Å². The molecule has 0 spiro atoms. The summed E-state index contributed by atoms with van der Waals surface area (Å²) in [6, 6.07) is 7.95. The van der Waals surface area contributed by atoms with Crippen LogP contribution < -0.4 is 0 Å². The van der Waals surface area contributed by atoms with E-state index in [2.05, 4.69) is 17.0 Å². The Labute approximate surface area is 102 Å². The third kappa shape index (κ3) is 3.78. The summed E-state index contributed by atoms with van der Waals surface area (Å²) in [5.41, 5.74) is 1.26. The number of hydrogen-bond donors (Lipinski definition) is 1. The van der Waals surface area contributed by atoms with Gasteiger partial charge in [-0.15, -0.1) is 0 Å². The SMILES string of the molecule is OCCN(Cc1ccc(Cl)cc1)CC1CC1. The van der Waals surface area contributed by atoms with Crippen molar-refractivity contribution in [3.8, 4) is 0 Å². The highest BCUT2D eigenvalue weighted by molar-refractivity contribution is 6.30. The zero-order chi connectivity index (χ0) is 11.4. The molecule has 1 aliphatic carbocycles. The van der Waals surface area contributed by atoms with E-state index in [0.717, 1.165) is 30.6 Å². The lowest BCUT2D eigenvalue weighted by atomic mass is 10.2. The van der Waals surface area contributed by atoms with E-state index < -0.39 is 0 Å². The molecule has 0 unspecified atom stereocenters. The van der Waals surface area contributed by atoms with Crippen molar-refractivity contribution in [2.24, 2.45) is 5.92 Å². The Bertz CT molecular complexity index is 321. The summed E-state index contributed by atoms with van der Waals surface area (Å²) in [6.45, 7) is 3.02. The average Bonchev–Trinajstić information content (AvgIpc) is 3.06. The standard InChI is InChI=1S/C13H18ClNO/c14-13-5-3-12(4-6-13)10-15(7-8-16)9-11-1-2-11/h3-6,11,16H,1-2,7-10H2. The van der Waals surface area contributed by atoms with Crippen molar-refractivity contribution in [3.05, 3.63) is 34.9 Å². The van der Waals surface area contributed by atoms with Gasteiger partial charge in [0.25, 0.3) is 0 Å². The monoisotopic (exact) mass is 239 g/mol. The van der Waals surface area contributed by atoms with Crippen LogP contribution in [0, 0.1) is 5.92 Å². The number of nitrogens with zero attached hydrogens (tertiary/aromatic N) is 1. The fourth-order valence-corrected chi connectivity index (χ4v) is 2.02. The maximum atomic E-state index is 9.03. The highest BCUT2D eigenvalue weighted by Gasteiger charge is 2.23. The predicted molar refractivity (Wildman–Crippen MR) is 66.5 cm³/mol. The van der Waals surface area contributed by atoms with E-state index in [4.69, 9.17) is 16.7 Å². The molecule has 0 heterocycles. The first-order valence-corrected chi connectivity index (χ1v) is 6.23. The van der Waals surface area contributed by atoms with Crippen LogP contribution >= 0.6 is 11.6 Å². The van der Waals surface area contributed by atoms with Crippen LogP contribution in [0.15, 0.2) is 24.3 Å². The van der Waals surface area contributed by atoms with Gasteiger partial charge in [-0.3, -0.25) is 4.90 Å². The van der Waals surface area contributed by atoms with Gasteiger partial charge in [0.2, 0.25) is 0 Å². The number of aliphatic hydroxyl groups excluding tert-OH is 1. The molecule has 1 saturated carbocycles. The fraction of sp³-hybridized carbons (Fsp3) is 0.538. The van der Waals surface area contributed by atoms with Crippen LogP contribution in [-0.2, 0) is 6.54 Å². The van der Waals surface area contributed by atoms with E-state index in [9.17, 15) is 0 Å². The first-order chi connectivity index (χ1) is 7.78. The normalized spacial score (nSPS) is 15.7. The lowest BCUT2D eigenvalue weighted by Crippen LogP contribution is -2.28. The molecule has 2 rings (SSSR count). The fourth-order valence-electron chi connectivity index (χ4n) is 1.89. The van der Waals surface area contributed by atoms with Crippen molar-refractivity contribution in [2.45, 2.75) is 19.4 Å². The van der Waals surface area contributed by atoms with Crippen LogP contribution in [0.25, 0.3) is 0 Å². The van der Waals surface area contributed by atoms with Gasteiger partial charge in [-0.2, -0.15) is 0 Å². The number of rotatable bonds is 6. The quantitative estimate of drug-likeness (QED) is 0.825. The van der Waals surface area contributed by atoms with Crippen LogP contribution in [0.4, 0.5) is 0 Å². The molecule has 0 bridgehead atoms. The molecule has 1 N–H and O–H groups in total. The summed E-state index contributed by atoms with van der Waals surface area (Å²) < 4.78 is 0. The van der Waals surface area contributed by atoms with Crippen molar-refractivity contribution in [1.29, 1.82) is 0 Å². The van der Waals surface area contributed by atoms with E-state index >= 15 is 0 Å². The minimum absolute atomic E-state index is 0.236. The summed E-state index contributed by atoms with van der Waals surface area (Å²) in [7, 11) is 0. The molecule has 1 aliphatic rings. The average molecular weight is 240 g/mol. The second kappa shape index (κ2) is 5.67. The van der Waals surface area contributed by atoms with Crippen molar-refractivity contribution in [3.63, 3.8) is 0 Å². The van der Waals surface area contributed by atoms with Gasteiger partial charge in [0.15, 0.2) is 0 Å². The maximum Gasteiger partial charge on any atom is 0.0558 e. The molecular weight excluding hydrogens is 222 g/mol. The molecule has 1 aromatic rings.